The number of aromatic nitrogens is 2. The van der Waals surface area contributed by atoms with Crippen molar-refractivity contribution in [3.63, 3.8) is 0 Å². The Kier molecular flexibility index (Phi) is 3.32. The van der Waals surface area contributed by atoms with Gasteiger partial charge in [0, 0.05) is 5.69 Å². The molecule has 18 heavy (non-hydrogen) atoms. The van der Waals surface area contributed by atoms with Crippen molar-refractivity contribution in [2.75, 3.05) is 11.1 Å². The van der Waals surface area contributed by atoms with E-state index in [1.165, 1.54) is 11.8 Å². The van der Waals surface area contributed by atoms with Gasteiger partial charge in [-0.25, -0.2) is 0 Å². The number of aromatic amines is 1. The van der Waals surface area contributed by atoms with Crippen LogP contribution in [-0.4, -0.2) is 16.1 Å². The lowest BCUT2D eigenvalue weighted by molar-refractivity contribution is 0.102. The molecule has 0 radical (unpaired) electrons. The average molecular weight is 244 g/mol. The molecule has 0 aliphatic carbocycles. The molecule has 0 aliphatic heterocycles. The molecular formula is C13H16N4O. The Balaban J connectivity index is 2.17. The molecule has 2 rings (SSSR count). The fraction of sp³-hybridized carbons (Fsp3) is 0.231. The zero-order valence-electron chi connectivity index (χ0n) is 10.4. The molecule has 5 heteroatoms. The Bertz CT molecular complexity index is 574. The average Bonchev–Trinajstić information content (AvgIpc) is 2.76. The molecule has 0 aliphatic rings. The van der Waals surface area contributed by atoms with Gasteiger partial charge in [0.2, 0.25) is 0 Å². The first-order chi connectivity index (χ1) is 8.61. The molecule has 1 aromatic carbocycles. The van der Waals surface area contributed by atoms with E-state index in [0.717, 1.165) is 17.7 Å². The van der Waals surface area contributed by atoms with Crippen LogP contribution < -0.4 is 11.1 Å². The minimum Gasteiger partial charge on any atom is -0.396 e. The molecule has 0 unspecified atom stereocenters. The van der Waals surface area contributed by atoms with E-state index in [0.29, 0.717) is 5.69 Å². The first kappa shape index (κ1) is 12.2. The second-order valence-electron chi connectivity index (χ2n) is 4.15. The third-order valence-corrected chi connectivity index (χ3v) is 2.88. The Morgan fingerprint density at radius 2 is 2.28 bits per heavy atom. The SMILES string of the molecule is CCc1ccc(NC(=O)c2[nH]ncc2N)cc1C. The summed E-state index contributed by atoms with van der Waals surface area (Å²) in [7, 11) is 0. The molecule has 4 N–H and O–H groups in total. The lowest BCUT2D eigenvalue weighted by Gasteiger charge is -2.08. The third kappa shape index (κ3) is 2.34. The van der Waals surface area contributed by atoms with Gasteiger partial charge < -0.3 is 11.1 Å². The number of benzene rings is 1. The van der Waals surface area contributed by atoms with Gasteiger partial charge in [-0.15, -0.1) is 0 Å². The van der Waals surface area contributed by atoms with Crippen molar-refractivity contribution in [2.45, 2.75) is 20.3 Å². The maximum Gasteiger partial charge on any atom is 0.275 e. The Hall–Kier alpha value is -2.30. The highest BCUT2D eigenvalue weighted by Gasteiger charge is 2.12. The minimum absolute atomic E-state index is 0.284. The van der Waals surface area contributed by atoms with E-state index in [1.54, 1.807) is 0 Å². The van der Waals surface area contributed by atoms with E-state index in [-0.39, 0.29) is 11.6 Å². The van der Waals surface area contributed by atoms with Crippen molar-refractivity contribution in [1.82, 2.24) is 10.2 Å². The number of nitrogens with one attached hydrogen (secondary N) is 2. The minimum atomic E-state index is -0.284. The van der Waals surface area contributed by atoms with Crippen molar-refractivity contribution >= 4 is 17.3 Å². The van der Waals surface area contributed by atoms with Crippen molar-refractivity contribution in [3.05, 3.63) is 41.2 Å². The van der Waals surface area contributed by atoms with Crippen LogP contribution in [0.1, 0.15) is 28.5 Å². The van der Waals surface area contributed by atoms with Gasteiger partial charge in [-0.05, 0) is 36.6 Å². The number of nitrogens with two attached hydrogens (primary N) is 1. The summed E-state index contributed by atoms with van der Waals surface area (Å²) in [5, 5.41) is 9.08. The van der Waals surface area contributed by atoms with E-state index < -0.39 is 0 Å². The first-order valence-electron chi connectivity index (χ1n) is 5.81. The van der Waals surface area contributed by atoms with Crippen molar-refractivity contribution in [1.29, 1.82) is 0 Å². The molecule has 1 heterocycles. The smallest absolute Gasteiger partial charge is 0.275 e. The standard InChI is InChI=1S/C13H16N4O/c1-3-9-4-5-10(6-8(9)2)16-13(18)12-11(14)7-15-17-12/h4-7H,3,14H2,1-2H3,(H,15,17)(H,16,18). The summed E-state index contributed by atoms with van der Waals surface area (Å²) in [6, 6.07) is 5.85. The van der Waals surface area contributed by atoms with Gasteiger partial charge in [0.25, 0.3) is 5.91 Å². The topological polar surface area (TPSA) is 83.8 Å². The number of rotatable bonds is 3. The summed E-state index contributed by atoms with van der Waals surface area (Å²) in [6.07, 6.45) is 2.40. The number of nitrogens with zero attached hydrogens (tertiary/aromatic N) is 1. The summed E-state index contributed by atoms with van der Waals surface area (Å²) in [4.78, 5) is 11.9. The number of hydrogen-bond acceptors (Lipinski definition) is 3. The molecule has 1 amide bonds. The van der Waals surface area contributed by atoms with Gasteiger partial charge in [0.05, 0.1) is 11.9 Å². The number of aryl methyl sites for hydroxylation is 2. The lowest BCUT2D eigenvalue weighted by atomic mass is 10.1. The van der Waals surface area contributed by atoms with Crippen LogP contribution in [0, 0.1) is 6.92 Å². The molecule has 0 bridgehead atoms. The van der Waals surface area contributed by atoms with Gasteiger partial charge in [-0.3, -0.25) is 9.89 Å². The number of carbonyl (C=O) groups excluding carboxylic acids is 1. The van der Waals surface area contributed by atoms with Gasteiger partial charge in [0.15, 0.2) is 0 Å². The van der Waals surface area contributed by atoms with Gasteiger partial charge in [-0.2, -0.15) is 5.10 Å². The third-order valence-electron chi connectivity index (χ3n) is 2.88. The predicted molar refractivity (Wildman–Crippen MR) is 71.5 cm³/mol. The van der Waals surface area contributed by atoms with Crippen LogP contribution in [0.2, 0.25) is 0 Å². The molecule has 0 saturated heterocycles. The van der Waals surface area contributed by atoms with E-state index in [9.17, 15) is 4.79 Å². The van der Waals surface area contributed by atoms with Gasteiger partial charge in [-0.1, -0.05) is 13.0 Å². The Labute approximate surface area is 105 Å². The van der Waals surface area contributed by atoms with E-state index >= 15 is 0 Å². The zero-order valence-corrected chi connectivity index (χ0v) is 10.4. The maximum absolute atomic E-state index is 11.9. The van der Waals surface area contributed by atoms with E-state index in [1.807, 2.05) is 25.1 Å². The summed E-state index contributed by atoms with van der Waals surface area (Å²) in [5.41, 5.74) is 9.43. The molecule has 1 aromatic heterocycles. The molecule has 0 fully saturated rings. The maximum atomic E-state index is 11.9. The largest absolute Gasteiger partial charge is 0.396 e. The lowest BCUT2D eigenvalue weighted by Crippen LogP contribution is -2.14. The summed E-state index contributed by atoms with van der Waals surface area (Å²) in [5.74, 6) is -0.284. The zero-order chi connectivity index (χ0) is 13.1. The fourth-order valence-electron chi connectivity index (χ4n) is 1.84. The number of amides is 1. The van der Waals surface area contributed by atoms with Gasteiger partial charge >= 0.3 is 0 Å². The second kappa shape index (κ2) is 4.91. The van der Waals surface area contributed by atoms with Crippen LogP contribution in [0.4, 0.5) is 11.4 Å². The number of H-pyrrole nitrogens is 1. The molecular weight excluding hydrogens is 228 g/mol. The van der Waals surface area contributed by atoms with Crippen LogP contribution in [0.3, 0.4) is 0 Å². The number of anilines is 2. The normalized spacial score (nSPS) is 10.3. The van der Waals surface area contributed by atoms with Crippen LogP contribution in [0.15, 0.2) is 24.4 Å². The Morgan fingerprint density at radius 1 is 1.50 bits per heavy atom. The highest BCUT2D eigenvalue weighted by molar-refractivity contribution is 6.06. The van der Waals surface area contributed by atoms with Gasteiger partial charge in [0.1, 0.15) is 5.69 Å². The van der Waals surface area contributed by atoms with E-state index in [2.05, 4.69) is 22.4 Å². The first-order valence-corrected chi connectivity index (χ1v) is 5.81. The van der Waals surface area contributed by atoms with Crippen LogP contribution in [-0.2, 0) is 6.42 Å². The van der Waals surface area contributed by atoms with Crippen LogP contribution >= 0.6 is 0 Å². The predicted octanol–water partition coefficient (Wildman–Crippen LogP) is 2.12. The monoisotopic (exact) mass is 244 g/mol. The van der Waals surface area contributed by atoms with Crippen molar-refractivity contribution < 1.29 is 4.79 Å². The molecule has 0 atom stereocenters. The molecule has 2 aromatic rings. The fourth-order valence-corrected chi connectivity index (χ4v) is 1.84. The summed E-state index contributed by atoms with van der Waals surface area (Å²) < 4.78 is 0. The molecule has 5 nitrogen and oxygen atoms in total. The highest BCUT2D eigenvalue weighted by Crippen LogP contribution is 2.17. The quantitative estimate of drug-likeness (QED) is 0.773. The summed E-state index contributed by atoms with van der Waals surface area (Å²) in [6.45, 7) is 4.13. The van der Waals surface area contributed by atoms with Crippen LogP contribution in [0.25, 0.3) is 0 Å². The number of nitrogen functional groups attached to an aromatic ring is 1. The van der Waals surface area contributed by atoms with Crippen LogP contribution in [0.5, 0.6) is 0 Å². The van der Waals surface area contributed by atoms with Crippen molar-refractivity contribution in [3.8, 4) is 0 Å². The highest BCUT2D eigenvalue weighted by atomic mass is 16.1. The number of hydrogen-bond donors (Lipinski definition) is 3. The molecule has 0 saturated carbocycles. The van der Waals surface area contributed by atoms with E-state index in [4.69, 9.17) is 5.73 Å². The number of carbonyl (C=O) groups is 1. The Morgan fingerprint density at radius 3 is 2.83 bits per heavy atom. The second-order valence-corrected chi connectivity index (χ2v) is 4.15. The summed E-state index contributed by atoms with van der Waals surface area (Å²) >= 11 is 0. The van der Waals surface area contributed by atoms with Crippen molar-refractivity contribution in [2.24, 2.45) is 0 Å². The molecule has 0 spiro atoms. The molecule has 94 valence electrons.